The number of nitrogens with two attached hydrogens (primary N) is 1. The van der Waals surface area contributed by atoms with E-state index < -0.39 is 7.82 Å². The Morgan fingerprint density at radius 1 is 0.821 bits per heavy atom. The zero-order valence-corrected chi connectivity index (χ0v) is 18.9. The van der Waals surface area contributed by atoms with Gasteiger partial charge in [-0.05, 0) is 6.42 Å². The molecule has 0 amide bonds. The Morgan fingerprint density at radius 3 is 1.86 bits per heavy atom. The molecule has 6 nitrogen and oxygen atoms in total. The van der Waals surface area contributed by atoms with Crippen molar-refractivity contribution >= 4 is 7.82 Å². The maximum absolute atomic E-state index is 11.4. The third kappa shape index (κ3) is 20.3. The van der Waals surface area contributed by atoms with Crippen LogP contribution in [-0.4, -0.2) is 31.3 Å². The van der Waals surface area contributed by atoms with Gasteiger partial charge in [0.1, 0.15) is 0 Å². The number of allylic oxidation sites excluding steroid dienone is 1. The predicted molar refractivity (Wildman–Crippen MR) is 116 cm³/mol. The molecule has 3 N–H and O–H groups in total. The minimum absolute atomic E-state index is 0.000130. The fourth-order valence-electron chi connectivity index (χ4n) is 2.90. The van der Waals surface area contributed by atoms with Crippen molar-refractivity contribution in [3.8, 4) is 0 Å². The molecule has 0 aromatic carbocycles. The summed E-state index contributed by atoms with van der Waals surface area (Å²) in [7, 11) is -3.97. The summed E-state index contributed by atoms with van der Waals surface area (Å²) in [5, 5.41) is 0. The number of rotatable bonds is 22. The van der Waals surface area contributed by atoms with E-state index in [4.69, 9.17) is 15.0 Å². The van der Waals surface area contributed by atoms with Crippen LogP contribution in [0.1, 0.15) is 96.8 Å². The first-order valence-corrected chi connectivity index (χ1v) is 12.6. The van der Waals surface area contributed by atoms with Crippen molar-refractivity contribution < 1.29 is 23.2 Å². The van der Waals surface area contributed by atoms with E-state index in [0.29, 0.717) is 13.0 Å². The molecule has 1 unspecified atom stereocenters. The molecule has 0 heterocycles. The van der Waals surface area contributed by atoms with E-state index in [1.807, 2.05) is 0 Å². The second kappa shape index (κ2) is 19.9. The Kier molecular flexibility index (Phi) is 19.6. The van der Waals surface area contributed by atoms with Gasteiger partial charge in [0.15, 0.2) is 0 Å². The van der Waals surface area contributed by atoms with Crippen LogP contribution in [0.3, 0.4) is 0 Å². The minimum Gasteiger partial charge on any atom is -0.498 e. The standard InChI is InChI=1S/C21H44NO5P/c1-3-4-5-6-7-8-9-10-11-12-13-14-16-21(2)25-18-15-19-26-28(23,24)27-20-17-22/h2-20,22H2,1H3,(H,23,24). The van der Waals surface area contributed by atoms with Gasteiger partial charge in [0.25, 0.3) is 0 Å². The molecule has 0 bridgehead atoms. The second-order valence-electron chi connectivity index (χ2n) is 7.30. The van der Waals surface area contributed by atoms with Crippen LogP contribution in [0, 0.1) is 0 Å². The molecule has 28 heavy (non-hydrogen) atoms. The first-order valence-electron chi connectivity index (χ1n) is 11.1. The summed E-state index contributed by atoms with van der Waals surface area (Å²) in [5.74, 6) is 0.777. The normalized spacial score (nSPS) is 13.4. The number of unbranched alkanes of at least 4 members (excludes halogenated alkanes) is 11. The molecule has 0 spiro atoms. The third-order valence-corrected chi connectivity index (χ3v) is 5.55. The van der Waals surface area contributed by atoms with Crippen molar-refractivity contribution in [3.05, 3.63) is 12.3 Å². The Morgan fingerprint density at radius 2 is 1.32 bits per heavy atom. The van der Waals surface area contributed by atoms with Crippen LogP contribution < -0.4 is 5.73 Å². The molecule has 168 valence electrons. The number of hydrogen-bond donors (Lipinski definition) is 2. The predicted octanol–water partition coefficient (Wildman–Crippen LogP) is 6.09. The molecular weight excluding hydrogens is 377 g/mol. The SMILES string of the molecule is C=C(CCCCCCCCCCCCCC)OCCCOP(=O)(O)OCCN. The minimum atomic E-state index is -3.97. The van der Waals surface area contributed by atoms with Gasteiger partial charge in [-0.15, -0.1) is 0 Å². The van der Waals surface area contributed by atoms with Crippen LogP contribution in [0.5, 0.6) is 0 Å². The lowest BCUT2D eigenvalue weighted by molar-refractivity contribution is 0.131. The molecule has 0 aromatic heterocycles. The highest BCUT2D eigenvalue weighted by Crippen LogP contribution is 2.42. The molecule has 0 aliphatic rings. The molecule has 0 aliphatic heterocycles. The van der Waals surface area contributed by atoms with Gasteiger partial charge in [0, 0.05) is 19.4 Å². The molecule has 0 saturated heterocycles. The lowest BCUT2D eigenvalue weighted by atomic mass is 10.0. The summed E-state index contributed by atoms with van der Waals surface area (Å²) >= 11 is 0. The topological polar surface area (TPSA) is 91.0 Å². The molecule has 0 aromatic rings. The first kappa shape index (κ1) is 27.6. The van der Waals surface area contributed by atoms with Gasteiger partial charge in [-0.2, -0.15) is 0 Å². The zero-order valence-electron chi connectivity index (χ0n) is 18.0. The Balaban J connectivity index is 3.32. The number of ether oxygens (including phenoxy) is 1. The van der Waals surface area contributed by atoms with E-state index in [-0.39, 0.29) is 19.8 Å². The van der Waals surface area contributed by atoms with Crippen LogP contribution >= 0.6 is 7.82 Å². The molecule has 7 heteroatoms. The van der Waals surface area contributed by atoms with E-state index in [2.05, 4.69) is 18.0 Å². The van der Waals surface area contributed by atoms with Gasteiger partial charge in [-0.3, -0.25) is 9.05 Å². The third-order valence-electron chi connectivity index (χ3n) is 4.53. The first-order chi connectivity index (χ1) is 13.5. The fourth-order valence-corrected chi connectivity index (χ4v) is 3.67. The van der Waals surface area contributed by atoms with Crippen LogP contribution in [0.4, 0.5) is 0 Å². The van der Waals surface area contributed by atoms with Crippen molar-refractivity contribution in [1.82, 2.24) is 0 Å². The average molecular weight is 422 g/mol. The average Bonchev–Trinajstić information content (AvgIpc) is 2.67. The number of phosphoric ester groups is 1. The molecule has 0 aliphatic carbocycles. The van der Waals surface area contributed by atoms with Gasteiger partial charge in [-0.25, -0.2) is 4.57 Å². The van der Waals surface area contributed by atoms with E-state index in [9.17, 15) is 9.46 Å². The highest BCUT2D eigenvalue weighted by Gasteiger charge is 2.19. The smallest absolute Gasteiger partial charge is 0.472 e. The largest absolute Gasteiger partial charge is 0.498 e. The Bertz CT molecular complexity index is 406. The summed E-state index contributed by atoms with van der Waals surface area (Å²) < 4.78 is 26.4. The van der Waals surface area contributed by atoms with Gasteiger partial charge in [0.05, 0.1) is 25.6 Å². The summed E-state index contributed by atoms with van der Waals surface area (Å²) in [5.41, 5.74) is 5.21. The molecule has 0 fully saturated rings. The Hall–Kier alpha value is -0.390. The van der Waals surface area contributed by atoms with Crippen molar-refractivity contribution in [2.45, 2.75) is 96.8 Å². The highest BCUT2D eigenvalue weighted by atomic mass is 31.2. The summed E-state index contributed by atoms with van der Waals surface area (Å²) in [6.07, 6.45) is 17.4. The summed E-state index contributed by atoms with van der Waals surface area (Å²) in [6, 6.07) is 0. The molecule has 0 radical (unpaired) electrons. The van der Waals surface area contributed by atoms with Crippen LogP contribution in [-0.2, 0) is 18.3 Å². The van der Waals surface area contributed by atoms with Gasteiger partial charge < -0.3 is 15.4 Å². The van der Waals surface area contributed by atoms with Crippen LogP contribution in [0.15, 0.2) is 12.3 Å². The molecular formula is C21H44NO5P. The number of phosphoric acid groups is 1. The zero-order chi connectivity index (χ0) is 20.9. The monoisotopic (exact) mass is 421 g/mol. The van der Waals surface area contributed by atoms with Crippen molar-refractivity contribution in [1.29, 1.82) is 0 Å². The molecule has 1 atom stereocenters. The van der Waals surface area contributed by atoms with Crippen LogP contribution in [0.2, 0.25) is 0 Å². The summed E-state index contributed by atoms with van der Waals surface area (Å²) in [6.45, 7) is 6.89. The highest BCUT2D eigenvalue weighted by molar-refractivity contribution is 7.47. The van der Waals surface area contributed by atoms with E-state index in [1.165, 1.54) is 70.6 Å². The van der Waals surface area contributed by atoms with E-state index in [0.717, 1.165) is 18.6 Å². The quantitative estimate of drug-likeness (QED) is 0.125. The van der Waals surface area contributed by atoms with Crippen LogP contribution in [0.25, 0.3) is 0 Å². The van der Waals surface area contributed by atoms with Gasteiger partial charge in [-0.1, -0.05) is 84.1 Å². The fraction of sp³-hybridized carbons (Fsp3) is 0.905. The number of hydrogen-bond acceptors (Lipinski definition) is 5. The molecule has 0 saturated carbocycles. The maximum Gasteiger partial charge on any atom is 0.472 e. The van der Waals surface area contributed by atoms with Gasteiger partial charge >= 0.3 is 7.82 Å². The maximum atomic E-state index is 11.4. The van der Waals surface area contributed by atoms with Crippen molar-refractivity contribution in [2.75, 3.05) is 26.4 Å². The second-order valence-corrected chi connectivity index (χ2v) is 8.76. The Labute approximate surface area is 172 Å². The van der Waals surface area contributed by atoms with E-state index >= 15 is 0 Å². The van der Waals surface area contributed by atoms with E-state index in [1.54, 1.807) is 0 Å². The van der Waals surface area contributed by atoms with Gasteiger partial charge in [0.2, 0.25) is 0 Å². The molecule has 0 rings (SSSR count). The van der Waals surface area contributed by atoms with Crippen molar-refractivity contribution in [3.63, 3.8) is 0 Å². The lowest BCUT2D eigenvalue weighted by Gasteiger charge is -2.12. The summed E-state index contributed by atoms with van der Waals surface area (Å²) in [4.78, 5) is 9.33. The van der Waals surface area contributed by atoms with Crippen molar-refractivity contribution in [2.24, 2.45) is 5.73 Å². The lowest BCUT2D eigenvalue weighted by Crippen LogP contribution is -2.08.